The van der Waals surface area contributed by atoms with Crippen molar-refractivity contribution in [1.29, 1.82) is 0 Å². The number of carbonyl (C=O) groups is 3. The highest BCUT2D eigenvalue weighted by Gasteiger charge is 2.64. The molecule has 0 aliphatic carbocycles. The van der Waals surface area contributed by atoms with Crippen molar-refractivity contribution in [3.05, 3.63) is 58.7 Å². The lowest BCUT2D eigenvalue weighted by atomic mass is 9.83. The molecule has 2 fully saturated rings. The quantitative estimate of drug-likeness (QED) is 0.284. The van der Waals surface area contributed by atoms with Crippen LogP contribution in [0.25, 0.3) is 0 Å². The van der Waals surface area contributed by atoms with Crippen molar-refractivity contribution < 1.29 is 43.2 Å². The van der Waals surface area contributed by atoms with Crippen LogP contribution < -0.4 is 15.0 Å². The Balaban J connectivity index is 1.80. The fourth-order valence-electron chi connectivity index (χ4n) is 5.92. The summed E-state index contributed by atoms with van der Waals surface area (Å²) in [7, 11) is 4.54. The fraction of sp³-hybridized carbons (Fsp3) is 0.531. The van der Waals surface area contributed by atoms with Gasteiger partial charge >= 0.3 is 12.1 Å². The van der Waals surface area contributed by atoms with Crippen molar-refractivity contribution in [2.45, 2.75) is 82.7 Å². The van der Waals surface area contributed by atoms with Crippen molar-refractivity contribution in [3.63, 3.8) is 0 Å². The molecule has 240 valence electrons. The number of allylic oxidation sites excluding steroid dienone is 4. The first-order valence-electron chi connectivity index (χ1n) is 14.5. The van der Waals surface area contributed by atoms with E-state index in [-0.39, 0.29) is 23.8 Å². The van der Waals surface area contributed by atoms with Gasteiger partial charge < -0.3 is 33.7 Å². The van der Waals surface area contributed by atoms with Crippen LogP contribution in [0.4, 0.5) is 10.5 Å². The van der Waals surface area contributed by atoms with E-state index in [0.717, 1.165) is 11.1 Å². The minimum atomic E-state index is -1.77. The third kappa shape index (κ3) is 6.96. The molecule has 4 rings (SSSR count). The molecule has 12 heteroatoms. The number of anilines is 1. The third-order valence-electron chi connectivity index (χ3n) is 8.51. The van der Waals surface area contributed by atoms with Crippen LogP contribution in [-0.4, -0.2) is 80.1 Å². The Morgan fingerprint density at radius 3 is 2.66 bits per heavy atom. The zero-order valence-corrected chi connectivity index (χ0v) is 26.8. The summed E-state index contributed by atoms with van der Waals surface area (Å²) in [5.74, 6) is -1.04. The second-order valence-electron chi connectivity index (χ2n) is 11.7. The Hall–Kier alpha value is -3.38. The van der Waals surface area contributed by atoms with E-state index in [1.54, 1.807) is 45.2 Å². The molecule has 44 heavy (non-hydrogen) atoms. The normalized spacial score (nSPS) is 32.8. The molecule has 0 radical (unpaired) electrons. The molecule has 0 saturated carbocycles. The molecule has 7 atom stereocenters. The summed E-state index contributed by atoms with van der Waals surface area (Å²) in [6.07, 6.45) is 4.34. The van der Waals surface area contributed by atoms with Crippen molar-refractivity contribution in [3.8, 4) is 5.75 Å². The van der Waals surface area contributed by atoms with E-state index in [4.69, 9.17) is 35.3 Å². The number of benzene rings is 1. The fourth-order valence-corrected chi connectivity index (χ4v) is 6.23. The number of ether oxygens (including phenoxy) is 5. The predicted molar refractivity (Wildman–Crippen MR) is 164 cm³/mol. The predicted octanol–water partition coefficient (Wildman–Crippen LogP) is 4.24. The number of alkyl carbamates (subject to hydrolysis) is 1. The van der Waals surface area contributed by atoms with E-state index in [9.17, 15) is 19.5 Å². The summed E-state index contributed by atoms with van der Waals surface area (Å²) < 4.78 is 28.6. The smallest absolute Gasteiger partial charge is 0.409 e. The van der Waals surface area contributed by atoms with Gasteiger partial charge in [0.25, 0.3) is 0 Å². The van der Waals surface area contributed by atoms with Crippen LogP contribution in [-0.2, 0) is 35.0 Å². The summed E-state index contributed by atoms with van der Waals surface area (Å²) >= 11 is 6.67. The summed E-state index contributed by atoms with van der Waals surface area (Å²) in [5, 5.41) is 14.3. The highest BCUT2D eigenvalue weighted by atomic mass is 35.5. The number of carbonyl (C=O) groups excluding carboxylic acids is 3. The van der Waals surface area contributed by atoms with Crippen LogP contribution in [0.3, 0.4) is 0 Å². The molecule has 3 aliphatic heterocycles. The second kappa shape index (κ2) is 13.3. The van der Waals surface area contributed by atoms with Crippen LogP contribution in [0.5, 0.6) is 5.75 Å². The number of aliphatic hydroxyl groups is 1. The lowest BCUT2D eigenvalue weighted by Gasteiger charge is -2.42. The molecular weight excluding hydrogens is 592 g/mol. The Bertz CT molecular complexity index is 1380. The molecule has 4 bridgehead atoms. The first kappa shape index (κ1) is 33.5. The maximum Gasteiger partial charge on any atom is 0.409 e. The van der Waals surface area contributed by atoms with Gasteiger partial charge in [0.2, 0.25) is 5.91 Å². The molecule has 1 aromatic rings. The van der Waals surface area contributed by atoms with Crippen molar-refractivity contribution >= 4 is 35.3 Å². The van der Waals surface area contributed by atoms with Gasteiger partial charge in [0.05, 0.1) is 25.3 Å². The van der Waals surface area contributed by atoms with Gasteiger partial charge in [-0.3, -0.25) is 10.1 Å². The van der Waals surface area contributed by atoms with Gasteiger partial charge in [-0.2, -0.15) is 0 Å². The van der Waals surface area contributed by atoms with Crippen LogP contribution in [0.2, 0.25) is 5.02 Å². The van der Waals surface area contributed by atoms with E-state index in [1.807, 2.05) is 26.0 Å². The molecule has 2 N–H and O–H groups in total. The maximum atomic E-state index is 13.8. The topological polar surface area (TPSA) is 136 Å². The maximum absolute atomic E-state index is 13.8. The van der Waals surface area contributed by atoms with Crippen LogP contribution >= 0.6 is 11.6 Å². The molecule has 1 aromatic carbocycles. The molecule has 0 aromatic heterocycles. The first-order valence-corrected chi connectivity index (χ1v) is 14.9. The summed E-state index contributed by atoms with van der Waals surface area (Å²) in [6, 6.07) is 3.62. The van der Waals surface area contributed by atoms with Gasteiger partial charge in [0.1, 0.15) is 34.7 Å². The van der Waals surface area contributed by atoms with Crippen LogP contribution in [0, 0.1) is 5.92 Å². The lowest BCUT2D eigenvalue weighted by Crippen LogP contribution is -2.63. The average Bonchev–Trinajstić information content (AvgIpc) is 3.66. The molecule has 3 heterocycles. The number of amides is 2. The number of esters is 1. The third-order valence-corrected chi connectivity index (χ3v) is 8.89. The van der Waals surface area contributed by atoms with Gasteiger partial charge in [0.15, 0.2) is 5.72 Å². The highest BCUT2D eigenvalue weighted by molar-refractivity contribution is 6.35. The number of methoxy groups -OCH3 is 2. The Morgan fingerprint density at radius 2 is 2.00 bits per heavy atom. The number of epoxide rings is 1. The van der Waals surface area contributed by atoms with Gasteiger partial charge in [-0.25, -0.2) is 9.59 Å². The summed E-state index contributed by atoms with van der Waals surface area (Å²) in [6.45, 7) is 7.19. The number of halogens is 1. The van der Waals surface area contributed by atoms with Crippen molar-refractivity contribution in [2.75, 3.05) is 26.2 Å². The van der Waals surface area contributed by atoms with Gasteiger partial charge in [-0.05, 0) is 44.9 Å². The summed E-state index contributed by atoms with van der Waals surface area (Å²) in [4.78, 5) is 40.5. The van der Waals surface area contributed by atoms with Gasteiger partial charge in [-0.1, -0.05) is 48.4 Å². The molecule has 0 spiro atoms. The molecule has 2 saturated heterocycles. The number of nitrogens with zero attached hydrogens (tertiary/aromatic N) is 1. The monoisotopic (exact) mass is 632 g/mol. The van der Waals surface area contributed by atoms with Crippen LogP contribution in [0.1, 0.15) is 46.1 Å². The summed E-state index contributed by atoms with van der Waals surface area (Å²) in [5.41, 5.74) is -0.634. The zero-order chi connectivity index (χ0) is 32.4. The lowest BCUT2D eigenvalue weighted by molar-refractivity contribution is -0.148. The zero-order valence-electron chi connectivity index (χ0n) is 26.1. The Kier molecular flexibility index (Phi) is 10.1. The minimum Gasteiger partial charge on any atom is -0.495 e. The number of fused-ring (bicyclic) bond motifs is 5. The van der Waals surface area contributed by atoms with E-state index in [0.29, 0.717) is 17.9 Å². The van der Waals surface area contributed by atoms with E-state index in [1.165, 1.54) is 25.2 Å². The van der Waals surface area contributed by atoms with E-state index in [2.05, 4.69) is 5.32 Å². The SMILES string of the molecule is CC=CC(=O)OC1CC(=O)N(C)c2cc(cc(OC)c2Cl)CC(C)=CC=CC(OC)C2(O)CC(OC(=O)N2)C(C)C2OC12C. The number of rotatable bonds is 4. The number of hydrogen-bond acceptors (Lipinski definition) is 9. The number of nitrogens with one attached hydrogen (secondary N) is 1. The second-order valence-corrected chi connectivity index (χ2v) is 12.1. The molecule has 3 aliphatic rings. The Labute approximate surface area is 262 Å². The molecule has 7 unspecified atom stereocenters. The first-order chi connectivity index (χ1) is 20.8. The average molecular weight is 633 g/mol. The highest BCUT2D eigenvalue weighted by Crippen LogP contribution is 2.49. The van der Waals surface area contributed by atoms with E-state index >= 15 is 0 Å². The van der Waals surface area contributed by atoms with Gasteiger partial charge in [0, 0.05) is 32.6 Å². The van der Waals surface area contributed by atoms with Gasteiger partial charge in [-0.15, -0.1) is 0 Å². The number of hydrogen-bond donors (Lipinski definition) is 2. The van der Waals surface area contributed by atoms with Crippen molar-refractivity contribution in [2.24, 2.45) is 5.92 Å². The molecule has 11 nitrogen and oxygen atoms in total. The van der Waals surface area contributed by atoms with Crippen LogP contribution in [0.15, 0.2) is 48.1 Å². The van der Waals surface area contributed by atoms with Crippen molar-refractivity contribution in [1.82, 2.24) is 5.32 Å². The molecular formula is C32H41ClN2O9. The largest absolute Gasteiger partial charge is 0.495 e. The molecule has 2 amide bonds. The van der Waals surface area contributed by atoms with E-state index < -0.39 is 53.7 Å². The Morgan fingerprint density at radius 1 is 1.27 bits per heavy atom. The minimum absolute atomic E-state index is 0.00376. The standard InChI is InChI=1S/C32H41ClN2O9/c1-8-10-27(37)43-25-16-26(36)35(5)21-14-20(15-22(40-6)28(21)33)13-18(2)11-9-12-24(41-7)32(39)17-23(42-30(38)34-32)19(3)29-31(25,4)44-29/h8-12,14-15,19,23-25,29,39H,13,16-17H2,1-7H3,(H,34,38).